The molecule has 0 radical (unpaired) electrons. The summed E-state index contributed by atoms with van der Waals surface area (Å²) in [4.78, 5) is 15.0. The van der Waals surface area contributed by atoms with Crippen molar-refractivity contribution < 1.29 is 9.90 Å². The number of rotatable bonds is 4. The summed E-state index contributed by atoms with van der Waals surface area (Å²) in [5.74, 6) is -0.895. The topological polar surface area (TPSA) is 55.1 Å². The Kier molecular flexibility index (Phi) is 2.90. The molecule has 4 heteroatoms. The molecule has 0 saturated carbocycles. The molecule has 2 heterocycles. The van der Waals surface area contributed by atoms with E-state index in [0.717, 1.165) is 24.9 Å². The van der Waals surface area contributed by atoms with Crippen LogP contribution in [0.2, 0.25) is 0 Å². The molecule has 0 aliphatic heterocycles. The van der Waals surface area contributed by atoms with Crippen LogP contribution in [0.1, 0.15) is 30.1 Å². The summed E-state index contributed by atoms with van der Waals surface area (Å²) >= 11 is 0. The van der Waals surface area contributed by atoms with Gasteiger partial charge in [-0.15, -0.1) is 0 Å². The summed E-state index contributed by atoms with van der Waals surface area (Å²) < 4.78 is 1.99. The lowest BCUT2D eigenvalue weighted by molar-refractivity contribution is 0.0698. The fraction of sp³-hybridized carbons (Fsp3) is 0.333. The maximum atomic E-state index is 11.1. The van der Waals surface area contributed by atoms with Gasteiger partial charge in [-0.1, -0.05) is 13.3 Å². The van der Waals surface area contributed by atoms with Gasteiger partial charge in [-0.25, -0.2) is 4.79 Å². The second-order valence-corrected chi connectivity index (χ2v) is 3.79. The first-order valence-corrected chi connectivity index (χ1v) is 5.40. The van der Waals surface area contributed by atoms with E-state index in [1.165, 1.54) is 0 Å². The first-order chi connectivity index (χ1) is 7.74. The van der Waals surface area contributed by atoms with Crippen molar-refractivity contribution in [3.63, 3.8) is 0 Å². The van der Waals surface area contributed by atoms with Crippen LogP contribution in [0, 0.1) is 0 Å². The zero-order valence-electron chi connectivity index (χ0n) is 9.18. The van der Waals surface area contributed by atoms with Crippen molar-refractivity contribution in [2.24, 2.45) is 0 Å². The van der Waals surface area contributed by atoms with E-state index < -0.39 is 5.97 Å². The van der Waals surface area contributed by atoms with Gasteiger partial charge < -0.3 is 9.67 Å². The molecule has 0 unspecified atom stereocenters. The molecule has 0 spiro atoms. The van der Waals surface area contributed by atoms with Gasteiger partial charge in [0.15, 0.2) is 0 Å². The third-order valence-corrected chi connectivity index (χ3v) is 2.67. The van der Waals surface area contributed by atoms with Gasteiger partial charge in [0, 0.05) is 30.5 Å². The number of aromatic nitrogens is 2. The third kappa shape index (κ3) is 1.78. The summed E-state index contributed by atoms with van der Waals surface area (Å²) in [6, 6.07) is 1.86. The van der Waals surface area contributed by atoms with Crippen LogP contribution in [0.5, 0.6) is 0 Å². The highest BCUT2D eigenvalue weighted by Crippen LogP contribution is 2.20. The molecule has 0 bridgehead atoms. The second kappa shape index (κ2) is 4.35. The highest BCUT2D eigenvalue weighted by Gasteiger charge is 2.13. The molecule has 4 nitrogen and oxygen atoms in total. The number of pyridine rings is 1. The monoisotopic (exact) mass is 218 g/mol. The fourth-order valence-corrected chi connectivity index (χ4v) is 1.82. The van der Waals surface area contributed by atoms with Gasteiger partial charge in [-0.2, -0.15) is 0 Å². The van der Waals surface area contributed by atoms with Crippen molar-refractivity contribution in [2.45, 2.75) is 26.3 Å². The number of nitrogens with zero attached hydrogens (tertiary/aromatic N) is 2. The van der Waals surface area contributed by atoms with Crippen molar-refractivity contribution in [3.05, 3.63) is 30.2 Å². The van der Waals surface area contributed by atoms with Gasteiger partial charge in [0.1, 0.15) is 0 Å². The van der Waals surface area contributed by atoms with Crippen molar-refractivity contribution in [3.8, 4) is 0 Å². The van der Waals surface area contributed by atoms with E-state index in [0.29, 0.717) is 10.9 Å². The van der Waals surface area contributed by atoms with E-state index in [4.69, 9.17) is 5.11 Å². The largest absolute Gasteiger partial charge is 0.478 e. The number of carbonyl (C=O) groups is 1. The van der Waals surface area contributed by atoms with Crippen LogP contribution in [0.15, 0.2) is 24.7 Å². The van der Waals surface area contributed by atoms with Gasteiger partial charge in [-0.3, -0.25) is 4.98 Å². The number of hydrogen-bond acceptors (Lipinski definition) is 2. The number of carboxylic acid groups (broad SMARTS) is 1. The minimum Gasteiger partial charge on any atom is -0.478 e. The number of unbranched alkanes of at least 4 members (excludes halogenated alkanes) is 1. The van der Waals surface area contributed by atoms with E-state index >= 15 is 0 Å². The molecule has 1 N–H and O–H groups in total. The normalized spacial score (nSPS) is 10.8. The first-order valence-electron chi connectivity index (χ1n) is 5.40. The Morgan fingerprint density at radius 3 is 3.06 bits per heavy atom. The highest BCUT2D eigenvalue weighted by atomic mass is 16.4. The van der Waals surface area contributed by atoms with Crippen LogP contribution in [0.25, 0.3) is 10.9 Å². The molecule has 16 heavy (non-hydrogen) atoms. The van der Waals surface area contributed by atoms with Gasteiger partial charge in [0.2, 0.25) is 0 Å². The predicted molar refractivity (Wildman–Crippen MR) is 61.6 cm³/mol. The molecule has 0 amide bonds. The first kappa shape index (κ1) is 10.7. The molecule has 0 aliphatic carbocycles. The Bertz CT molecular complexity index is 517. The van der Waals surface area contributed by atoms with Crippen LogP contribution in [0.3, 0.4) is 0 Å². The predicted octanol–water partition coefficient (Wildman–Crippen LogP) is 2.53. The Hall–Kier alpha value is -1.84. The van der Waals surface area contributed by atoms with Gasteiger partial charge in [-0.05, 0) is 12.5 Å². The highest BCUT2D eigenvalue weighted by molar-refractivity contribution is 6.03. The SMILES string of the molecule is CCCCn1cc(C(=O)O)c2cnccc21. The van der Waals surface area contributed by atoms with E-state index in [9.17, 15) is 4.79 Å². The number of fused-ring (bicyclic) bond motifs is 1. The van der Waals surface area contributed by atoms with Crippen LogP contribution >= 0.6 is 0 Å². The molecule has 2 rings (SSSR count). The lowest BCUT2D eigenvalue weighted by Crippen LogP contribution is -1.96. The number of aromatic carboxylic acids is 1. The molecular formula is C12H14N2O2. The summed E-state index contributed by atoms with van der Waals surface area (Å²) in [5.41, 5.74) is 1.28. The summed E-state index contributed by atoms with van der Waals surface area (Å²) in [5, 5.41) is 9.79. The van der Waals surface area contributed by atoms with Crippen LogP contribution in [-0.2, 0) is 6.54 Å². The van der Waals surface area contributed by atoms with Gasteiger partial charge in [0.05, 0.1) is 11.1 Å². The molecule has 2 aromatic rings. The van der Waals surface area contributed by atoms with Crippen molar-refractivity contribution >= 4 is 16.9 Å². The molecule has 84 valence electrons. The third-order valence-electron chi connectivity index (χ3n) is 2.67. The lowest BCUT2D eigenvalue weighted by Gasteiger charge is -2.02. The van der Waals surface area contributed by atoms with Crippen molar-refractivity contribution in [1.82, 2.24) is 9.55 Å². The summed E-state index contributed by atoms with van der Waals surface area (Å²) in [6.07, 6.45) is 7.14. The van der Waals surface area contributed by atoms with Gasteiger partial charge >= 0.3 is 5.97 Å². The maximum Gasteiger partial charge on any atom is 0.337 e. The molecule has 2 aromatic heterocycles. The Morgan fingerprint density at radius 1 is 1.56 bits per heavy atom. The quantitative estimate of drug-likeness (QED) is 0.857. The number of aryl methyl sites for hydroxylation is 1. The minimum absolute atomic E-state index is 0.333. The summed E-state index contributed by atoms with van der Waals surface area (Å²) in [6.45, 7) is 2.97. The lowest BCUT2D eigenvalue weighted by atomic mass is 10.2. The zero-order chi connectivity index (χ0) is 11.5. The zero-order valence-corrected chi connectivity index (χ0v) is 9.18. The summed E-state index contributed by atoms with van der Waals surface area (Å²) in [7, 11) is 0. The van der Waals surface area contributed by atoms with Crippen LogP contribution in [-0.4, -0.2) is 20.6 Å². The number of hydrogen-bond donors (Lipinski definition) is 1. The average Bonchev–Trinajstić information content (AvgIpc) is 2.65. The molecule has 0 atom stereocenters. The minimum atomic E-state index is -0.895. The van der Waals surface area contributed by atoms with Crippen LogP contribution < -0.4 is 0 Å². The van der Waals surface area contributed by atoms with Gasteiger partial charge in [0.25, 0.3) is 0 Å². The molecular weight excluding hydrogens is 204 g/mol. The van der Waals surface area contributed by atoms with E-state index in [1.807, 2.05) is 10.6 Å². The van der Waals surface area contributed by atoms with Crippen molar-refractivity contribution in [2.75, 3.05) is 0 Å². The Morgan fingerprint density at radius 2 is 2.38 bits per heavy atom. The number of carboxylic acids is 1. The van der Waals surface area contributed by atoms with E-state index in [2.05, 4.69) is 11.9 Å². The molecule has 0 saturated heterocycles. The Labute approximate surface area is 93.5 Å². The smallest absolute Gasteiger partial charge is 0.337 e. The second-order valence-electron chi connectivity index (χ2n) is 3.79. The maximum absolute atomic E-state index is 11.1. The molecule has 0 fully saturated rings. The van der Waals surface area contributed by atoms with E-state index in [1.54, 1.807) is 18.6 Å². The molecule has 0 aliphatic rings. The van der Waals surface area contributed by atoms with Crippen molar-refractivity contribution in [1.29, 1.82) is 0 Å². The fourth-order valence-electron chi connectivity index (χ4n) is 1.82. The standard InChI is InChI=1S/C12H14N2O2/c1-2-3-6-14-8-10(12(15)16)9-7-13-5-4-11(9)14/h4-5,7-8H,2-3,6H2,1H3,(H,15,16). The average molecular weight is 218 g/mol. The van der Waals surface area contributed by atoms with Crippen LogP contribution in [0.4, 0.5) is 0 Å². The van der Waals surface area contributed by atoms with E-state index in [-0.39, 0.29) is 0 Å². The Balaban J connectivity index is 2.53. The molecule has 0 aromatic carbocycles.